The number of hydrogen-bond acceptors (Lipinski definition) is 0. The molecule has 2 aromatic rings. The molecule has 3 rings (SSSR count). The molecule has 21 heavy (non-hydrogen) atoms. The predicted octanol–water partition coefficient (Wildman–Crippen LogP) is 6.19. The van der Waals surface area contributed by atoms with Gasteiger partial charge in [-0.3, -0.25) is 0 Å². The molecule has 0 radical (unpaired) electrons. The van der Waals surface area contributed by atoms with Crippen LogP contribution >= 0.6 is 0 Å². The number of benzene rings is 2. The smallest absolute Gasteiger partial charge is 0.00292 e. The van der Waals surface area contributed by atoms with Crippen molar-refractivity contribution >= 4 is 5.57 Å². The van der Waals surface area contributed by atoms with Gasteiger partial charge in [0.2, 0.25) is 0 Å². The first kappa shape index (κ1) is 14.1. The van der Waals surface area contributed by atoms with E-state index in [4.69, 9.17) is 0 Å². The Labute approximate surface area is 128 Å². The maximum atomic E-state index is 2.32. The van der Waals surface area contributed by atoms with Gasteiger partial charge in [-0.1, -0.05) is 42.8 Å². The molecule has 0 spiro atoms. The molecule has 0 fully saturated rings. The van der Waals surface area contributed by atoms with Crippen molar-refractivity contribution in [1.82, 2.24) is 0 Å². The first-order valence-electron chi connectivity index (χ1n) is 7.81. The molecule has 1 aliphatic rings. The second kappa shape index (κ2) is 4.87. The zero-order chi connectivity index (χ0) is 15.3. The van der Waals surface area contributed by atoms with Crippen molar-refractivity contribution in [3.05, 3.63) is 63.7 Å². The van der Waals surface area contributed by atoms with E-state index in [1.54, 1.807) is 0 Å². The average molecular weight is 276 g/mol. The molecule has 0 saturated carbocycles. The van der Waals surface area contributed by atoms with Gasteiger partial charge in [0.25, 0.3) is 0 Å². The summed E-state index contributed by atoms with van der Waals surface area (Å²) in [7, 11) is 0. The Morgan fingerprint density at radius 3 is 2.19 bits per heavy atom. The van der Waals surface area contributed by atoms with Gasteiger partial charge < -0.3 is 0 Å². The van der Waals surface area contributed by atoms with Crippen LogP contribution < -0.4 is 0 Å². The molecular weight excluding hydrogens is 252 g/mol. The summed E-state index contributed by atoms with van der Waals surface area (Å²) >= 11 is 0. The van der Waals surface area contributed by atoms with Crippen LogP contribution in [0, 0.1) is 20.8 Å². The Morgan fingerprint density at radius 1 is 0.762 bits per heavy atom. The summed E-state index contributed by atoms with van der Waals surface area (Å²) in [5, 5.41) is 0. The summed E-state index contributed by atoms with van der Waals surface area (Å²) in [4.78, 5) is 0. The minimum absolute atomic E-state index is 0.548. The summed E-state index contributed by atoms with van der Waals surface area (Å²) in [5.41, 5.74) is 12.9. The molecule has 1 atom stereocenters. The van der Waals surface area contributed by atoms with Gasteiger partial charge in [0.05, 0.1) is 0 Å². The number of rotatable bonds is 1. The molecule has 1 aliphatic carbocycles. The molecule has 1 unspecified atom stereocenters. The van der Waals surface area contributed by atoms with Gasteiger partial charge in [-0.2, -0.15) is 0 Å². The fourth-order valence-electron chi connectivity index (χ4n) is 3.58. The van der Waals surface area contributed by atoms with Crippen LogP contribution in [0.3, 0.4) is 0 Å². The lowest BCUT2D eigenvalue weighted by atomic mass is 9.88. The Bertz CT molecular complexity index is 760. The Hall–Kier alpha value is -1.82. The summed E-state index contributed by atoms with van der Waals surface area (Å²) in [6.45, 7) is 13.5. The average Bonchev–Trinajstić information content (AvgIpc) is 2.70. The third-order valence-electron chi connectivity index (χ3n) is 5.53. The molecule has 0 saturated heterocycles. The summed E-state index contributed by atoms with van der Waals surface area (Å²) in [6, 6.07) is 11.3. The van der Waals surface area contributed by atoms with E-state index in [-0.39, 0.29) is 0 Å². The number of fused-ring (bicyclic) bond motifs is 1. The summed E-state index contributed by atoms with van der Waals surface area (Å²) < 4.78 is 0. The van der Waals surface area contributed by atoms with Crippen LogP contribution in [-0.2, 0) is 0 Å². The van der Waals surface area contributed by atoms with Crippen molar-refractivity contribution in [2.24, 2.45) is 0 Å². The summed E-state index contributed by atoms with van der Waals surface area (Å²) in [6.07, 6.45) is 0. The van der Waals surface area contributed by atoms with Crippen molar-refractivity contribution in [3.8, 4) is 11.1 Å². The molecule has 0 heteroatoms. The number of hydrogen-bond donors (Lipinski definition) is 0. The fraction of sp³-hybridized carbons (Fsp3) is 0.333. The monoisotopic (exact) mass is 276 g/mol. The maximum Gasteiger partial charge on any atom is 0.00292 e. The number of aryl methyl sites for hydroxylation is 1. The van der Waals surface area contributed by atoms with Gasteiger partial charge in [0.1, 0.15) is 0 Å². The van der Waals surface area contributed by atoms with E-state index >= 15 is 0 Å². The molecule has 2 aromatic carbocycles. The van der Waals surface area contributed by atoms with E-state index in [1.807, 2.05) is 0 Å². The predicted molar refractivity (Wildman–Crippen MR) is 92.8 cm³/mol. The highest BCUT2D eigenvalue weighted by atomic mass is 14.3. The Morgan fingerprint density at radius 2 is 1.48 bits per heavy atom. The Kier molecular flexibility index (Phi) is 3.28. The second-order valence-corrected chi connectivity index (χ2v) is 6.48. The van der Waals surface area contributed by atoms with Gasteiger partial charge in [0, 0.05) is 5.92 Å². The van der Waals surface area contributed by atoms with Gasteiger partial charge >= 0.3 is 0 Å². The lowest BCUT2D eigenvalue weighted by Gasteiger charge is -2.16. The minimum atomic E-state index is 0.548. The molecule has 0 bridgehead atoms. The van der Waals surface area contributed by atoms with Gasteiger partial charge in [-0.15, -0.1) is 0 Å². The molecule has 0 heterocycles. The highest BCUT2D eigenvalue weighted by Gasteiger charge is 2.26. The van der Waals surface area contributed by atoms with E-state index in [0.717, 1.165) is 0 Å². The lowest BCUT2D eigenvalue weighted by Crippen LogP contribution is -1.95. The van der Waals surface area contributed by atoms with Crippen molar-refractivity contribution in [1.29, 1.82) is 0 Å². The van der Waals surface area contributed by atoms with Crippen molar-refractivity contribution in [2.75, 3.05) is 0 Å². The minimum Gasteiger partial charge on any atom is -0.0625 e. The van der Waals surface area contributed by atoms with Crippen molar-refractivity contribution in [3.63, 3.8) is 0 Å². The number of allylic oxidation sites excluding steroid dienone is 2. The molecular formula is C21H24. The third-order valence-corrected chi connectivity index (χ3v) is 5.53. The van der Waals surface area contributed by atoms with E-state index in [2.05, 4.69) is 71.9 Å². The van der Waals surface area contributed by atoms with Gasteiger partial charge in [-0.05, 0) is 79.1 Å². The Balaban J connectivity index is 2.31. The SMILES string of the molecule is CC1=C(C)C(C)c2cccc(-c3ccc(C)c(C)c3C)c21. The van der Waals surface area contributed by atoms with Crippen LogP contribution in [0.5, 0.6) is 0 Å². The highest BCUT2D eigenvalue weighted by molar-refractivity contribution is 5.89. The van der Waals surface area contributed by atoms with Crippen LogP contribution in [0.2, 0.25) is 0 Å². The zero-order valence-corrected chi connectivity index (χ0v) is 14.0. The second-order valence-electron chi connectivity index (χ2n) is 6.48. The highest BCUT2D eigenvalue weighted by Crippen LogP contribution is 2.46. The van der Waals surface area contributed by atoms with Crippen LogP contribution in [0.4, 0.5) is 0 Å². The van der Waals surface area contributed by atoms with Crippen LogP contribution in [0.1, 0.15) is 54.5 Å². The third kappa shape index (κ3) is 1.97. The van der Waals surface area contributed by atoms with E-state index in [1.165, 1.54) is 50.1 Å². The zero-order valence-electron chi connectivity index (χ0n) is 14.0. The van der Waals surface area contributed by atoms with Crippen LogP contribution in [-0.4, -0.2) is 0 Å². The van der Waals surface area contributed by atoms with Gasteiger partial charge in [-0.25, -0.2) is 0 Å². The molecule has 0 N–H and O–H groups in total. The van der Waals surface area contributed by atoms with Crippen LogP contribution in [0.25, 0.3) is 16.7 Å². The quantitative estimate of drug-likeness (QED) is 0.582. The fourth-order valence-corrected chi connectivity index (χ4v) is 3.58. The molecule has 0 aliphatic heterocycles. The topological polar surface area (TPSA) is 0 Å². The molecule has 0 aromatic heterocycles. The van der Waals surface area contributed by atoms with E-state index in [0.29, 0.717) is 5.92 Å². The summed E-state index contributed by atoms with van der Waals surface area (Å²) in [5.74, 6) is 0.548. The lowest BCUT2D eigenvalue weighted by molar-refractivity contribution is 0.920. The van der Waals surface area contributed by atoms with Crippen LogP contribution in [0.15, 0.2) is 35.9 Å². The normalized spacial score (nSPS) is 17.3. The maximum absolute atomic E-state index is 2.32. The first-order chi connectivity index (χ1) is 9.93. The van der Waals surface area contributed by atoms with E-state index in [9.17, 15) is 0 Å². The van der Waals surface area contributed by atoms with Crippen molar-refractivity contribution in [2.45, 2.75) is 47.5 Å². The molecule has 108 valence electrons. The first-order valence-corrected chi connectivity index (χ1v) is 7.81. The van der Waals surface area contributed by atoms with Crippen molar-refractivity contribution < 1.29 is 0 Å². The largest absolute Gasteiger partial charge is 0.0625 e. The van der Waals surface area contributed by atoms with E-state index < -0.39 is 0 Å². The standard InChI is InChI=1S/C21H24/c1-12-10-11-18(15(4)13(12)2)20-9-7-8-19-16(5)14(3)17(6)21(19)20/h7-11,16H,1-6H3. The van der Waals surface area contributed by atoms with Gasteiger partial charge in [0.15, 0.2) is 0 Å². The molecule has 0 nitrogen and oxygen atoms in total. The molecule has 0 amide bonds.